The van der Waals surface area contributed by atoms with E-state index in [1.165, 1.54) is 0 Å². The highest BCUT2D eigenvalue weighted by Crippen LogP contribution is 2.21. The van der Waals surface area contributed by atoms with Crippen molar-refractivity contribution in [1.82, 2.24) is 9.80 Å². The van der Waals surface area contributed by atoms with E-state index in [4.69, 9.17) is 9.47 Å². The van der Waals surface area contributed by atoms with E-state index >= 15 is 0 Å². The number of carbonyl (C=O) groups is 4. The monoisotopic (exact) mass is 472 g/mol. The minimum atomic E-state index is -1.97. The Labute approximate surface area is 197 Å². The first kappa shape index (κ1) is 26.2. The summed E-state index contributed by atoms with van der Waals surface area (Å²) in [7, 11) is 0. The zero-order chi connectivity index (χ0) is 25.1. The van der Waals surface area contributed by atoms with Crippen molar-refractivity contribution < 1.29 is 38.9 Å². The minimum absolute atomic E-state index is 0.0557. The molecular formula is C24H28N2O8. The van der Waals surface area contributed by atoms with Gasteiger partial charge >= 0.3 is 24.1 Å². The summed E-state index contributed by atoms with van der Waals surface area (Å²) in [6, 6.07) is 13.0. The first-order valence-corrected chi connectivity index (χ1v) is 10.7. The average Bonchev–Trinajstić information content (AvgIpc) is 2.81. The highest BCUT2D eigenvalue weighted by atomic mass is 16.6. The Balaban J connectivity index is 2.57. The van der Waals surface area contributed by atoms with Crippen molar-refractivity contribution in [3.8, 4) is 0 Å². The maximum absolute atomic E-state index is 12.8. The molecule has 0 fully saturated rings. The van der Waals surface area contributed by atoms with Gasteiger partial charge in [-0.15, -0.1) is 0 Å². The van der Waals surface area contributed by atoms with E-state index in [1.54, 1.807) is 74.5 Å². The van der Waals surface area contributed by atoms with Crippen LogP contribution in [0.3, 0.4) is 0 Å². The Morgan fingerprint density at radius 1 is 0.676 bits per heavy atom. The fraction of sp³-hybridized carbons (Fsp3) is 0.333. The van der Waals surface area contributed by atoms with Crippen LogP contribution < -0.4 is 0 Å². The molecule has 182 valence electrons. The topological polar surface area (TPSA) is 134 Å². The molecular weight excluding hydrogens is 444 g/mol. The molecule has 0 unspecified atom stereocenters. The van der Waals surface area contributed by atoms with Crippen molar-refractivity contribution in [2.45, 2.75) is 39.0 Å². The van der Waals surface area contributed by atoms with Crippen LogP contribution in [-0.4, -0.2) is 69.4 Å². The highest BCUT2D eigenvalue weighted by molar-refractivity contribution is 5.90. The van der Waals surface area contributed by atoms with Crippen molar-refractivity contribution in [1.29, 1.82) is 0 Å². The van der Waals surface area contributed by atoms with E-state index in [-0.39, 0.29) is 26.3 Å². The number of amides is 2. The Bertz CT molecular complexity index is 888. The van der Waals surface area contributed by atoms with Crippen LogP contribution in [0.4, 0.5) is 9.59 Å². The maximum Gasteiger partial charge on any atom is 0.410 e. The van der Waals surface area contributed by atoms with Gasteiger partial charge in [-0.05, 0) is 25.0 Å². The predicted octanol–water partition coefficient (Wildman–Crippen LogP) is 3.21. The van der Waals surface area contributed by atoms with Crippen molar-refractivity contribution in [3.63, 3.8) is 0 Å². The third-order valence-electron chi connectivity index (χ3n) is 4.87. The van der Waals surface area contributed by atoms with Crippen LogP contribution in [0.25, 0.3) is 0 Å². The van der Waals surface area contributed by atoms with Gasteiger partial charge in [0.25, 0.3) is 0 Å². The summed E-state index contributed by atoms with van der Waals surface area (Å²) < 4.78 is 10.1. The number of ether oxygens (including phenoxy) is 2. The molecule has 2 aromatic carbocycles. The molecule has 2 N–H and O–H groups in total. The van der Waals surface area contributed by atoms with Crippen LogP contribution >= 0.6 is 0 Å². The van der Waals surface area contributed by atoms with Crippen LogP contribution in [0.2, 0.25) is 0 Å². The first-order valence-electron chi connectivity index (χ1n) is 10.7. The van der Waals surface area contributed by atoms with Gasteiger partial charge in [-0.3, -0.25) is 9.80 Å². The summed E-state index contributed by atoms with van der Waals surface area (Å²) in [5.74, 6) is -3.22. The third kappa shape index (κ3) is 6.96. The van der Waals surface area contributed by atoms with E-state index in [9.17, 15) is 29.4 Å². The van der Waals surface area contributed by atoms with E-state index in [0.29, 0.717) is 11.1 Å². The summed E-state index contributed by atoms with van der Waals surface area (Å²) in [5.41, 5.74) is 1.10. The van der Waals surface area contributed by atoms with E-state index in [0.717, 1.165) is 9.80 Å². The maximum atomic E-state index is 12.8. The van der Waals surface area contributed by atoms with Crippen molar-refractivity contribution >= 4 is 24.1 Å². The molecule has 2 rings (SSSR count). The lowest BCUT2D eigenvalue weighted by Crippen LogP contribution is -2.61. The normalized spacial score (nSPS) is 12.2. The summed E-state index contributed by atoms with van der Waals surface area (Å²) >= 11 is 0. The second-order valence-corrected chi connectivity index (χ2v) is 7.19. The lowest BCUT2D eigenvalue weighted by Gasteiger charge is -2.37. The zero-order valence-electron chi connectivity index (χ0n) is 19.0. The molecule has 0 saturated heterocycles. The number of rotatable bonds is 11. The van der Waals surface area contributed by atoms with Gasteiger partial charge in [0.2, 0.25) is 0 Å². The molecule has 0 aliphatic heterocycles. The molecule has 0 spiro atoms. The molecule has 0 aliphatic rings. The molecule has 2 aromatic rings. The van der Waals surface area contributed by atoms with Gasteiger partial charge in [-0.1, -0.05) is 60.7 Å². The number of aliphatic carboxylic acids is 2. The fourth-order valence-corrected chi connectivity index (χ4v) is 3.40. The Morgan fingerprint density at radius 3 is 1.26 bits per heavy atom. The molecule has 34 heavy (non-hydrogen) atoms. The van der Waals surface area contributed by atoms with Crippen LogP contribution in [0.1, 0.15) is 25.0 Å². The van der Waals surface area contributed by atoms with Gasteiger partial charge in [0.05, 0.1) is 26.3 Å². The van der Waals surface area contributed by atoms with E-state index < -0.39 is 36.2 Å². The molecule has 2 amide bonds. The SMILES string of the molecule is CCOC(=O)N(Cc1ccccc1)[C@H](C(=O)O)[C@@H](C(=O)O)N(Cc1ccccc1)C(=O)OCC. The molecule has 2 atom stereocenters. The molecule has 0 radical (unpaired) electrons. The molecule has 0 aliphatic carbocycles. The lowest BCUT2D eigenvalue weighted by molar-refractivity contribution is -0.156. The van der Waals surface area contributed by atoms with Gasteiger partial charge in [-0.2, -0.15) is 0 Å². The summed E-state index contributed by atoms with van der Waals surface area (Å²) in [6.07, 6.45) is -2.04. The predicted molar refractivity (Wildman–Crippen MR) is 121 cm³/mol. The number of hydrogen-bond acceptors (Lipinski definition) is 6. The second-order valence-electron chi connectivity index (χ2n) is 7.19. The number of nitrogens with zero attached hydrogens (tertiary/aromatic N) is 2. The molecule has 10 nitrogen and oxygen atoms in total. The Kier molecular flexibility index (Phi) is 9.88. The highest BCUT2D eigenvalue weighted by Gasteiger charge is 2.47. The van der Waals surface area contributed by atoms with Gasteiger partial charge in [0.1, 0.15) is 0 Å². The molecule has 0 bridgehead atoms. The van der Waals surface area contributed by atoms with Crippen LogP contribution in [-0.2, 0) is 32.2 Å². The average molecular weight is 472 g/mol. The first-order chi connectivity index (χ1) is 16.3. The Morgan fingerprint density at radius 2 is 1.00 bits per heavy atom. The largest absolute Gasteiger partial charge is 0.480 e. The van der Waals surface area contributed by atoms with Crippen molar-refractivity contribution in [3.05, 3.63) is 71.8 Å². The summed E-state index contributed by atoms with van der Waals surface area (Å²) in [5, 5.41) is 20.2. The standard InChI is InChI=1S/C24H28N2O8/c1-3-33-23(31)25(15-17-11-7-5-8-12-17)19(21(27)28)20(22(29)30)26(24(32)34-4-2)16-18-13-9-6-10-14-18/h5-14,19-20H,3-4,15-16H2,1-2H3,(H,27,28)(H,29,30)/t19-,20-/m0/s1. The van der Waals surface area contributed by atoms with Crippen LogP contribution in [0.5, 0.6) is 0 Å². The van der Waals surface area contributed by atoms with E-state index in [2.05, 4.69) is 0 Å². The van der Waals surface area contributed by atoms with Crippen LogP contribution in [0.15, 0.2) is 60.7 Å². The third-order valence-corrected chi connectivity index (χ3v) is 4.87. The molecule has 0 aromatic heterocycles. The van der Waals surface area contributed by atoms with E-state index in [1.807, 2.05) is 0 Å². The number of carbonyl (C=O) groups excluding carboxylic acids is 2. The minimum Gasteiger partial charge on any atom is -0.480 e. The Hall–Kier alpha value is -4.08. The number of carboxylic acid groups (broad SMARTS) is 2. The number of carboxylic acids is 2. The second kappa shape index (κ2) is 12.8. The number of benzene rings is 2. The summed E-state index contributed by atoms with van der Waals surface area (Å²) in [4.78, 5) is 52.1. The molecule has 10 heteroatoms. The van der Waals surface area contributed by atoms with Gasteiger partial charge in [0.15, 0.2) is 12.1 Å². The smallest absolute Gasteiger partial charge is 0.410 e. The van der Waals surface area contributed by atoms with Gasteiger partial charge in [-0.25, -0.2) is 19.2 Å². The van der Waals surface area contributed by atoms with Crippen molar-refractivity contribution in [2.75, 3.05) is 13.2 Å². The lowest BCUT2D eigenvalue weighted by atomic mass is 10.0. The molecule has 0 heterocycles. The fourth-order valence-electron chi connectivity index (χ4n) is 3.40. The van der Waals surface area contributed by atoms with Gasteiger partial charge in [0, 0.05) is 0 Å². The quantitative estimate of drug-likeness (QED) is 0.509. The van der Waals surface area contributed by atoms with Crippen molar-refractivity contribution in [2.24, 2.45) is 0 Å². The van der Waals surface area contributed by atoms with Gasteiger partial charge < -0.3 is 19.7 Å². The van der Waals surface area contributed by atoms with Crippen LogP contribution in [0, 0.1) is 0 Å². The molecule has 0 saturated carbocycles. The number of hydrogen-bond donors (Lipinski definition) is 2. The summed E-state index contributed by atoms with van der Waals surface area (Å²) in [6.45, 7) is 2.48. The zero-order valence-corrected chi connectivity index (χ0v) is 19.0.